The Morgan fingerprint density at radius 1 is 0.880 bits per heavy atom. The Morgan fingerprint density at radius 3 is 2.20 bits per heavy atom. The molecule has 0 spiro atoms. The van der Waals surface area contributed by atoms with Gasteiger partial charge in [-0.25, -0.2) is 0 Å². The fourth-order valence-electron chi connectivity index (χ4n) is 2.47. The van der Waals surface area contributed by atoms with Gasteiger partial charge in [-0.1, -0.05) is 36.4 Å². The summed E-state index contributed by atoms with van der Waals surface area (Å²) in [5.74, 6) is 0.314. The maximum atomic E-state index is 12.1. The van der Waals surface area contributed by atoms with Gasteiger partial charge >= 0.3 is 6.36 Å². The first-order valence-electron chi connectivity index (χ1n) is 7.41. The highest BCUT2D eigenvalue weighted by Crippen LogP contribution is 2.29. The molecule has 0 atom stereocenters. The van der Waals surface area contributed by atoms with Crippen LogP contribution in [0.5, 0.6) is 11.5 Å². The van der Waals surface area contributed by atoms with Crippen molar-refractivity contribution in [1.29, 1.82) is 0 Å². The predicted octanol–water partition coefficient (Wildman–Crippen LogP) is 5.13. The molecule has 3 rings (SSSR count). The quantitative estimate of drug-likeness (QED) is 0.601. The van der Waals surface area contributed by atoms with E-state index >= 15 is 0 Å². The minimum absolute atomic E-state index is 0.177. The summed E-state index contributed by atoms with van der Waals surface area (Å²) in [5.41, 5.74) is 1.26. The van der Waals surface area contributed by atoms with E-state index in [9.17, 15) is 18.0 Å². The molecule has 0 amide bonds. The van der Waals surface area contributed by atoms with Crippen LogP contribution in [0.1, 0.15) is 15.9 Å². The van der Waals surface area contributed by atoms with Crippen LogP contribution in [0.4, 0.5) is 13.2 Å². The molecule has 0 unspecified atom stereocenters. The molecule has 0 aliphatic heterocycles. The lowest BCUT2D eigenvalue weighted by Crippen LogP contribution is -2.17. The Morgan fingerprint density at radius 2 is 1.56 bits per heavy atom. The van der Waals surface area contributed by atoms with Crippen LogP contribution >= 0.6 is 0 Å². The zero-order chi connectivity index (χ0) is 17.9. The van der Waals surface area contributed by atoms with Crippen LogP contribution in [0, 0.1) is 0 Å². The van der Waals surface area contributed by atoms with Gasteiger partial charge in [-0.05, 0) is 35.2 Å². The molecule has 0 fully saturated rings. The summed E-state index contributed by atoms with van der Waals surface area (Å²) >= 11 is 0. The zero-order valence-corrected chi connectivity index (χ0v) is 12.9. The van der Waals surface area contributed by atoms with Gasteiger partial charge < -0.3 is 9.47 Å². The maximum absolute atomic E-state index is 12.1. The number of aldehydes is 1. The first kappa shape index (κ1) is 16.8. The van der Waals surface area contributed by atoms with Crippen LogP contribution in [0.25, 0.3) is 10.8 Å². The molecule has 25 heavy (non-hydrogen) atoms. The van der Waals surface area contributed by atoms with Gasteiger partial charge in [0.25, 0.3) is 0 Å². The zero-order valence-electron chi connectivity index (χ0n) is 12.9. The SMILES string of the molecule is O=Cc1ccc(OCc2ccc(OC(F)(F)F)cc2)c2ccccc12. The normalized spacial score (nSPS) is 11.3. The number of fused-ring (bicyclic) bond motifs is 1. The van der Waals surface area contributed by atoms with Gasteiger partial charge in [0.1, 0.15) is 18.1 Å². The van der Waals surface area contributed by atoms with Crippen molar-refractivity contribution in [1.82, 2.24) is 0 Å². The van der Waals surface area contributed by atoms with E-state index in [1.165, 1.54) is 24.3 Å². The number of carbonyl (C=O) groups excluding carboxylic acids is 1. The topological polar surface area (TPSA) is 35.5 Å². The number of ether oxygens (including phenoxy) is 2. The van der Waals surface area contributed by atoms with Crippen LogP contribution < -0.4 is 9.47 Å². The van der Waals surface area contributed by atoms with Crippen molar-refractivity contribution >= 4 is 17.1 Å². The Bertz CT molecular complexity index is 887. The van der Waals surface area contributed by atoms with E-state index in [-0.39, 0.29) is 12.4 Å². The second-order valence-electron chi connectivity index (χ2n) is 5.30. The summed E-state index contributed by atoms with van der Waals surface area (Å²) in [5, 5.41) is 1.58. The monoisotopic (exact) mass is 346 g/mol. The van der Waals surface area contributed by atoms with Gasteiger partial charge in [0.15, 0.2) is 6.29 Å². The Hall–Kier alpha value is -3.02. The second kappa shape index (κ2) is 6.84. The van der Waals surface area contributed by atoms with Crippen molar-refractivity contribution in [3.8, 4) is 11.5 Å². The van der Waals surface area contributed by atoms with Gasteiger partial charge in [0.2, 0.25) is 0 Å². The molecule has 0 radical (unpaired) electrons. The molecule has 128 valence electrons. The van der Waals surface area contributed by atoms with Crippen molar-refractivity contribution in [2.75, 3.05) is 0 Å². The molecule has 0 saturated carbocycles. The summed E-state index contributed by atoms with van der Waals surface area (Å²) in [6.45, 7) is 0.177. The summed E-state index contributed by atoms with van der Waals surface area (Å²) < 4.78 is 46.0. The van der Waals surface area contributed by atoms with E-state index in [1.54, 1.807) is 12.1 Å². The van der Waals surface area contributed by atoms with E-state index in [4.69, 9.17) is 4.74 Å². The molecular weight excluding hydrogens is 333 g/mol. The molecule has 0 N–H and O–H groups in total. The van der Waals surface area contributed by atoms with Crippen LogP contribution in [-0.2, 0) is 6.61 Å². The van der Waals surface area contributed by atoms with Crippen LogP contribution in [-0.4, -0.2) is 12.6 Å². The summed E-state index contributed by atoms with van der Waals surface area (Å²) in [6, 6.07) is 16.2. The molecule has 3 aromatic rings. The van der Waals surface area contributed by atoms with E-state index in [2.05, 4.69) is 4.74 Å². The van der Waals surface area contributed by atoms with E-state index in [0.29, 0.717) is 16.9 Å². The Kier molecular flexibility index (Phi) is 4.61. The first-order chi connectivity index (χ1) is 12.0. The lowest BCUT2D eigenvalue weighted by atomic mass is 10.0. The first-order valence-corrected chi connectivity index (χ1v) is 7.41. The molecule has 0 aliphatic carbocycles. The lowest BCUT2D eigenvalue weighted by molar-refractivity contribution is -0.274. The third kappa shape index (κ3) is 4.09. The van der Waals surface area contributed by atoms with Crippen molar-refractivity contribution in [3.05, 3.63) is 71.8 Å². The van der Waals surface area contributed by atoms with Gasteiger partial charge in [-0.15, -0.1) is 13.2 Å². The minimum atomic E-state index is -4.71. The van der Waals surface area contributed by atoms with E-state index in [1.807, 2.05) is 24.3 Å². The molecule has 3 nitrogen and oxygen atoms in total. The third-order valence-corrected chi connectivity index (χ3v) is 3.60. The average Bonchev–Trinajstić information content (AvgIpc) is 2.59. The van der Waals surface area contributed by atoms with Crippen LogP contribution in [0.2, 0.25) is 0 Å². The van der Waals surface area contributed by atoms with Crippen LogP contribution in [0.3, 0.4) is 0 Å². The number of benzene rings is 3. The maximum Gasteiger partial charge on any atom is 0.573 e. The largest absolute Gasteiger partial charge is 0.573 e. The highest BCUT2D eigenvalue weighted by atomic mass is 19.4. The van der Waals surface area contributed by atoms with Gasteiger partial charge in [-0.2, -0.15) is 0 Å². The molecular formula is C19H13F3O3. The van der Waals surface area contributed by atoms with Crippen molar-refractivity contribution in [2.45, 2.75) is 13.0 Å². The second-order valence-corrected chi connectivity index (χ2v) is 5.30. The standard InChI is InChI=1S/C19H13F3O3/c20-19(21,22)25-15-8-5-13(6-9-15)12-24-18-10-7-14(11-23)16-3-1-2-4-17(16)18/h1-11H,12H2. The summed E-state index contributed by atoms with van der Waals surface area (Å²) in [6.07, 6.45) is -3.93. The highest BCUT2D eigenvalue weighted by Gasteiger charge is 2.30. The highest BCUT2D eigenvalue weighted by molar-refractivity contribution is 6.00. The predicted molar refractivity (Wildman–Crippen MR) is 86.8 cm³/mol. The van der Waals surface area contributed by atoms with Crippen LogP contribution in [0.15, 0.2) is 60.7 Å². The molecule has 0 aliphatic rings. The fourth-order valence-corrected chi connectivity index (χ4v) is 2.47. The molecule has 0 bridgehead atoms. The van der Waals surface area contributed by atoms with Gasteiger partial charge in [0, 0.05) is 10.9 Å². The van der Waals surface area contributed by atoms with Gasteiger partial charge in [-0.3, -0.25) is 4.79 Å². The number of halogens is 3. The smallest absolute Gasteiger partial charge is 0.488 e. The summed E-state index contributed by atoms with van der Waals surface area (Å²) in [4.78, 5) is 11.1. The van der Waals surface area contributed by atoms with Crippen molar-refractivity contribution in [2.24, 2.45) is 0 Å². The Labute approximate surface area is 141 Å². The van der Waals surface area contributed by atoms with E-state index < -0.39 is 6.36 Å². The lowest BCUT2D eigenvalue weighted by Gasteiger charge is -2.12. The van der Waals surface area contributed by atoms with Gasteiger partial charge in [0.05, 0.1) is 0 Å². The Balaban J connectivity index is 1.76. The molecule has 0 heterocycles. The fraction of sp³-hybridized carbons (Fsp3) is 0.105. The molecule has 6 heteroatoms. The summed E-state index contributed by atoms with van der Waals surface area (Å²) in [7, 11) is 0. The number of rotatable bonds is 5. The molecule has 0 saturated heterocycles. The average molecular weight is 346 g/mol. The number of hydrogen-bond donors (Lipinski definition) is 0. The van der Waals surface area contributed by atoms with E-state index in [0.717, 1.165) is 17.1 Å². The number of carbonyl (C=O) groups is 1. The minimum Gasteiger partial charge on any atom is -0.488 e. The molecule has 0 aromatic heterocycles. The molecule has 3 aromatic carbocycles. The van der Waals surface area contributed by atoms with Crippen molar-refractivity contribution < 1.29 is 27.4 Å². The third-order valence-electron chi connectivity index (χ3n) is 3.60. The van der Waals surface area contributed by atoms with Crippen molar-refractivity contribution in [3.63, 3.8) is 0 Å². The number of alkyl halides is 3. The number of hydrogen-bond acceptors (Lipinski definition) is 3.